The normalized spacial score (nSPS) is 14.4. The minimum atomic E-state index is 0.0503. The molecule has 1 fully saturated rings. The van der Waals surface area contributed by atoms with Gasteiger partial charge in [0.15, 0.2) is 12.2 Å². The van der Waals surface area contributed by atoms with Crippen LogP contribution >= 0.6 is 0 Å². The van der Waals surface area contributed by atoms with Gasteiger partial charge in [0.2, 0.25) is 0 Å². The van der Waals surface area contributed by atoms with E-state index < -0.39 is 0 Å². The lowest BCUT2D eigenvalue weighted by Crippen LogP contribution is -2.49. The van der Waals surface area contributed by atoms with Crippen LogP contribution in [0.25, 0.3) is 11.3 Å². The molecule has 1 saturated heterocycles. The van der Waals surface area contributed by atoms with Crippen molar-refractivity contribution >= 4 is 11.7 Å². The minimum Gasteiger partial charge on any atom is -0.444 e. The fourth-order valence-electron chi connectivity index (χ4n) is 3.28. The summed E-state index contributed by atoms with van der Waals surface area (Å²) < 4.78 is 5.29. The van der Waals surface area contributed by atoms with E-state index in [9.17, 15) is 4.79 Å². The summed E-state index contributed by atoms with van der Waals surface area (Å²) >= 11 is 0. The van der Waals surface area contributed by atoms with Crippen LogP contribution in [0.3, 0.4) is 0 Å². The van der Waals surface area contributed by atoms with Crippen LogP contribution in [0.4, 0.5) is 5.82 Å². The summed E-state index contributed by atoms with van der Waals surface area (Å²) in [6.07, 6.45) is 4.66. The summed E-state index contributed by atoms with van der Waals surface area (Å²) in [5, 5.41) is 0. The van der Waals surface area contributed by atoms with E-state index in [2.05, 4.69) is 19.9 Å². The summed E-state index contributed by atoms with van der Waals surface area (Å²) in [5.74, 6) is 1.71. The quantitative estimate of drug-likeness (QED) is 0.712. The number of hydrogen-bond donors (Lipinski definition) is 0. The number of aromatic nitrogens is 3. The second kappa shape index (κ2) is 7.19. The molecule has 0 N–H and O–H groups in total. The fourth-order valence-corrected chi connectivity index (χ4v) is 3.28. The third-order valence-corrected chi connectivity index (χ3v) is 5.02. The van der Waals surface area contributed by atoms with E-state index in [1.165, 1.54) is 6.39 Å². The summed E-state index contributed by atoms with van der Waals surface area (Å²) in [5.41, 5.74) is 3.68. The number of piperazine rings is 1. The Morgan fingerprint density at radius 1 is 1.04 bits per heavy atom. The summed E-state index contributed by atoms with van der Waals surface area (Å²) in [4.78, 5) is 29.5. The lowest BCUT2D eigenvalue weighted by molar-refractivity contribution is 0.0746. The first-order valence-electron chi connectivity index (χ1n) is 8.95. The van der Waals surface area contributed by atoms with Crippen LogP contribution in [-0.4, -0.2) is 51.9 Å². The lowest BCUT2D eigenvalue weighted by Gasteiger charge is -2.36. The van der Waals surface area contributed by atoms with Crippen molar-refractivity contribution in [1.29, 1.82) is 0 Å². The number of anilines is 1. The van der Waals surface area contributed by atoms with Crippen molar-refractivity contribution in [1.82, 2.24) is 19.9 Å². The maximum Gasteiger partial charge on any atom is 0.253 e. The van der Waals surface area contributed by atoms with Crippen LogP contribution < -0.4 is 4.90 Å². The number of oxazole rings is 1. The molecule has 7 nitrogen and oxygen atoms in total. The molecule has 0 bridgehead atoms. The van der Waals surface area contributed by atoms with Gasteiger partial charge in [-0.05, 0) is 26.0 Å². The number of amides is 1. The van der Waals surface area contributed by atoms with E-state index in [0.29, 0.717) is 24.4 Å². The number of aryl methyl sites for hydroxylation is 1. The molecule has 1 aromatic carbocycles. The molecule has 0 unspecified atom stereocenters. The van der Waals surface area contributed by atoms with E-state index in [4.69, 9.17) is 4.42 Å². The molecule has 7 heteroatoms. The van der Waals surface area contributed by atoms with E-state index in [1.54, 1.807) is 12.5 Å². The zero-order valence-electron chi connectivity index (χ0n) is 15.4. The smallest absolute Gasteiger partial charge is 0.253 e. The second-order valence-corrected chi connectivity index (χ2v) is 6.63. The van der Waals surface area contributed by atoms with Crippen LogP contribution in [0.15, 0.2) is 47.6 Å². The van der Waals surface area contributed by atoms with Crippen LogP contribution in [0.2, 0.25) is 0 Å². The van der Waals surface area contributed by atoms with Gasteiger partial charge in [-0.1, -0.05) is 12.1 Å². The molecule has 1 aliphatic heterocycles. The number of carbonyl (C=O) groups is 1. The fraction of sp³-hybridized carbons (Fsp3) is 0.300. The SMILES string of the molecule is Cc1ncnc(N2CCN(C(=O)c3ccc(-c4cnco4)cc3)CC2)c1C. The van der Waals surface area contributed by atoms with E-state index in [1.807, 2.05) is 43.0 Å². The van der Waals surface area contributed by atoms with Gasteiger partial charge in [-0.2, -0.15) is 0 Å². The van der Waals surface area contributed by atoms with Gasteiger partial charge in [-0.3, -0.25) is 4.79 Å². The lowest BCUT2D eigenvalue weighted by atomic mass is 10.1. The molecule has 0 saturated carbocycles. The molecule has 1 aliphatic rings. The Labute approximate surface area is 157 Å². The van der Waals surface area contributed by atoms with E-state index in [-0.39, 0.29) is 5.91 Å². The third-order valence-electron chi connectivity index (χ3n) is 5.02. The van der Waals surface area contributed by atoms with Crippen LogP contribution in [0.1, 0.15) is 21.6 Å². The van der Waals surface area contributed by atoms with Crippen molar-refractivity contribution in [2.24, 2.45) is 0 Å². The Kier molecular flexibility index (Phi) is 4.58. The summed E-state index contributed by atoms with van der Waals surface area (Å²) in [6.45, 7) is 6.90. The van der Waals surface area contributed by atoms with Crippen LogP contribution in [0, 0.1) is 13.8 Å². The number of rotatable bonds is 3. The predicted molar refractivity (Wildman–Crippen MR) is 102 cm³/mol. The van der Waals surface area contributed by atoms with Crippen molar-refractivity contribution in [2.45, 2.75) is 13.8 Å². The largest absolute Gasteiger partial charge is 0.444 e. The standard InChI is InChI=1S/C20H21N5O2/c1-14-15(2)22-12-23-19(14)24-7-9-25(10-8-24)20(26)17-5-3-16(4-6-17)18-11-21-13-27-18/h3-6,11-13H,7-10H2,1-2H3. The molecule has 138 valence electrons. The Bertz CT molecular complexity index is 930. The molecule has 1 amide bonds. The molecule has 0 atom stereocenters. The molecule has 4 rings (SSSR count). The van der Waals surface area contributed by atoms with Crippen molar-refractivity contribution in [2.75, 3.05) is 31.1 Å². The molecule has 3 heterocycles. The maximum atomic E-state index is 12.8. The zero-order valence-corrected chi connectivity index (χ0v) is 15.4. The first-order valence-corrected chi connectivity index (χ1v) is 8.95. The van der Waals surface area contributed by atoms with Crippen molar-refractivity contribution in [3.8, 4) is 11.3 Å². The van der Waals surface area contributed by atoms with E-state index >= 15 is 0 Å². The van der Waals surface area contributed by atoms with Crippen molar-refractivity contribution in [3.63, 3.8) is 0 Å². The van der Waals surface area contributed by atoms with Gasteiger partial charge in [0, 0.05) is 48.6 Å². The Balaban J connectivity index is 1.42. The van der Waals surface area contributed by atoms with Gasteiger partial charge in [0.25, 0.3) is 5.91 Å². The molecular weight excluding hydrogens is 342 g/mol. The van der Waals surface area contributed by atoms with Crippen LogP contribution in [0.5, 0.6) is 0 Å². The first-order chi connectivity index (χ1) is 13.1. The second-order valence-electron chi connectivity index (χ2n) is 6.63. The summed E-state index contributed by atoms with van der Waals surface area (Å²) in [7, 11) is 0. The topological polar surface area (TPSA) is 75.4 Å². The Morgan fingerprint density at radius 3 is 2.44 bits per heavy atom. The molecular formula is C20H21N5O2. The molecule has 3 aromatic rings. The third kappa shape index (κ3) is 3.40. The molecule has 0 aliphatic carbocycles. The number of benzene rings is 1. The monoisotopic (exact) mass is 363 g/mol. The Morgan fingerprint density at radius 2 is 1.78 bits per heavy atom. The van der Waals surface area contributed by atoms with E-state index in [0.717, 1.165) is 35.7 Å². The highest BCUT2D eigenvalue weighted by Gasteiger charge is 2.24. The number of nitrogens with zero attached hydrogens (tertiary/aromatic N) is 5. The first kappa shape index (κ1) is 17.2. The number of carbonyl (C=O) groups excluding carboxylic acids is 1. The Hall–Kier alpha value is -3.22. The van der Waals surface area contributed by atoms with Gasteiger partial charge in [-0.25, -0.2) is 15.0 Å². The average Bonchev–Trinajstić information content (AvgIpc) is 3.25. The zero-order chi connectivity index (χ0) is 18.8. The highest BCUT2D eigenvalue weighted by atomic mass is 16.3. The highest BCUT2D eigenvalue weighted by molar-refractivity contribution is 5.94. The van der Waals surface area contributed by atoms with Gasteiger partial charge in [-0.15, -0.1) is 0 Å². The van der Waals surface area contributed by atoms with Gasteiger partial charge < -0.3 is 14.2 Å². The molecule has 0 spiro atoms. The van der Waals surface area contributed by atoms with Gasteiger partial charge in [0.05, 0.1) is 6.20 Å². The minimum absolute atomic E-state index is 0.0503. The molecule has 27 heavy (non-hydrogen) atoms. The van der Waals surface area contributed by atoms with Crippen molar-refractivity contribution < 1.29 is 9.21 Å². The maximum absolute atomic E-state index is 12.8. The highest BCUT2D eigenvalue weighted by Crippen LogP contribution is 2.22. The predicted octanol–water partition coefficient (Wildman–Crippen LogP) is 2.71. The van der Waals surface area contributed by atoms with Crippen LogP contribution in [-0.2, 0) is 0 Å². The van der Waals surface area contributed by atoms with Gasteiger partial charge >= 0.3 is 0 Å². The molecule has 0 radical (unpaired) electrons. The van der Waals surface area contributed by atoms with Gasteiger partial charge in [0.1, 0.15) is 12.1 Å². The molecule has 2 aromatic heterocycles. The van der Waals surface area contributed by atoms with Crippen molar-refractivity contribution in [3.05, 3.63) is 60.0 Å². The summed E-state index contributed by atoms with van der Waals surface area (Å²) in [6, 6.07) is 7.45. The number of hydrogen-bond acceptors (Lipinski definition) is 6. The average molecular weight is 363 g/mol.